The van der Waals surface area contributed by atoms with Crippen LogP contribution in [0.5, 0.6) is 5.88 Å². The van der Waals surface area contributed by atoms with E-state index in [9.17, 15) is 4.79 Å². The van der Waals surface area contributed by atoms with Crippen molar-refractivity contribution >= 4 is 35.0 Å². The second-order valence-corrected chi connectivity index (χ2v) is 10.3. The maximum absolute atomic E-state index is 12.9. The lowest BCUT2D eigenvalue weighted by molar-refractivity contribution is 0.257. The van der Waals surface area contributed by atoms with Gasteiger partial charge in [-0.1, -0.05) is 12.1 Å². The maximum Gasteiger partial charge on any atom is 0.329 e. The van der Waals surface area contributed by atoms with Gasteiger partial charge < -0.3 is 15.0 Å². The van der Waals surface area contributed by atoms with Gasteiger partial charge >= 0.3 is 6.03 Å². The first-order valence-electron chi connectivity index (χ1n) is 10.7. The zero-order chi connectivity index (χ0) is 22.1. The summed E-state index contributed by atoms with van der Waals surface area (Å²) in [6.45, 7) is 2.06. The number of fused-ring (bicyclic) bond motifs is 2. The highest BCUT2D eigenvalue weighted by Gasteiger charge is 2.22. The molecule has 3 aromatic rings. The number of hydrogen-bond donors (Lipinski definition) is 2. The lowest BCUT2D eigenvalue weighted by Crippen LogP contribution is -2.25. The minimum absolute atomic E-state index is 0.240. The molecular formula is C23H25N5O2S2. The number of benzene rings is 1. The lowest BCUT2D eigenvalue weighted by atomic mass is 10.0. The van der Waals surface area contributed by atoms with Gasteiger partial charge in [-0.25, -0.2) is 9.78 Å². The fourth-order valence-corrected chi connectivity index (χ4v) is 6.26. The Morgan fingerprint density at radius 3 is 3.00 bits per heavy atom. The zero-order valence-corrected chi connectivity index (χ0v) is 19.7. The molecule has 9 heteroatoms. The number of ether oxygens (including phenoxy) is 1. The molecule has 0 bridgehead atoms. The van der Waals surface area contributed by atoms with E-state index < -0.39 is 0 Å². The standard InChI is InChI=1S/C23H25N5O2S2/c1-28-9-8-19-15(13-28)10-21(31-19)32-27-23(29)26-22-16-5-3-4-14(16)6-7-17(22)18-11-24-12-20(25-18)30-2/h6-7,10-12H,3-5,8-9,13H2,1-2H3,(H2,26,27,29). The van der Waals surface area contributed by atoms with Gasteiger partial charge in [0, 0.05) is 23.5 Å². The minimum atomic E-state index is -0.240. The molecule has 0 radical (unpaired) electrons. The van der Waals surface area contributed by atoms with Crippen molar-refractivity contribution < 1.29 is 9.53 Å². The highest BCUT2D eigenvalue weighted by Crippen LogP contribution is 2.37. The second kappa shape index (κ2) is 9.09. The average molecular weight is 468 g/mol. The summed E-state index contributed by atoms with van der Waals surface area (Å²) in [6, 6.07) is 6.10. The van der Waals surface area contributed by atoms with E-state index in [1.54, 1.807) is 30.8 Å². The molecule has 7 nitrogen and oxygen atoms in total. The molecule has 1 aromatic carbocycles. The van der Waals surface area contributed by atoms with Crippen molar-refractivity contribution in [2.24, 2.45) is 0 Å². The Bertz CT molecular complexity index is 1160. The molecule has 0 unspecified atom stereocenters. The Labute approximate surface area is 195 Å². The summed E-state index contributed by atoms with van der Waals surface area (Å²) >= 11 is 3.15. The summed E-state index contributed by atoms with van der Waals surface area (Å²) in [5, 5.41) is 3.10. The van der Waals surface area contributed by atoms with Crippen LogP contribution in [0.3, 0.4) is 0 Å². The van der Waals surface area contributed by atoms with Crippen LogP contribution in [0.1, 0.15) is 28.0 Å². The summed E-state index contributed by atoms with van der Waals surface area (Å²) in [5.41, 5.74) is 6.18. The molecule has 1 aliphatic heterocycles. The first-order valence-corrected chi connectivity index (χ1v) is 12.3. The van der Waals surface area contributed by atoms with Crippen molar-refractivity contribution in [3.8, 4) is 17.1 Å². The number of methoxy groups -OCH3 is 1. The lowest BCUT2D eigenvalue weighted by Gasteiger charge is -2.21. The summed E-state index contributed by atoms with van der Waals surface area (Å²) in [5.74, 6) is 0.446. The normalized spacial score (nSPS) is 15.2. The molecule has 0 fully saturated rings. The number of rotatable bonds is 5. The smallest absolute Gasteiger partial charge is 0.329 e. The third kappa shape index (κ3) is 4.32. The fourth-order valence-electron chi connectivity index (χ4n) is 4.33. The Hall–Kier alpha value is -2.62. The molecule has 2 N–H and O–H groups in total. The molecule has 0 atom stereocenters. The van der Waals surface area contributed by atoms with Crippen molar-refractivity contribution in [1.29, 1.82) is 0 Å². The van der Waals surface area contributed by atoms with Gasteiger partial charge in [0.25, 0.3) is 0 Å². The van der Waals surface area contributed by atoms with E-state index in [2.05, 4.69) is 44.1 Å². The zero-order valence-electron chi connectivity index (χ0n) is 18.1. The fraction of sp³-hybridized carbons (Fsp3) is 0.348. The predicted octanol–water partition coefficient (Wildman–Crippen LogP) is 4.52. The largest absolute Gasteiger partial charge is 0.480 e. The summed E-state index contributed by atoms with van der Waals surface area (Å²) in [4.78, 5) is 25.4. The summed E-state index contributed by atoms with van der Waals surface area (Å²) < 4.78 is 9.31. The van der Waals surface area contributed by atoms with Gasteiger partial charge in [0.1, 0.15) is 0 Å². The number of carbonyl (C=O) groups is 1. The van der Waals surface area contributed by atoms with Gasteiger partial charge in [-0.05, 0) is 67.4 Å². The number of aromatic nitrogens is 2. The minimum Gasteiger partial charge on any atom is -0.480 e. The van der Waals surface area contributed by atoms with Crippen LogP contribution in [-0.2, 0) is 25.8 Å². The van der Waals surface area contributed by atoms with Crippen LogP contribution in [0, 0.1) is 0 Å². The van der Waals surface area contributed by atoms with Crippen molar-refractivity contribution in [3.05, 3.63) is 52.2 Å². The number of hydrogen-bond acceptors (Lipinski definition) is 7. The van der Waals surface area contributed by atoms with Gasteiger partial charge in [0.2, 0.25) is 5.88 Å². The van der Waals surface area contributed by atoms with E-state index in [-0.39, 0.29) is 6.03 Å². The third-order valence-electron chi connectivity index (χ3n) is 5.90. The topological polar surface area (TPSA) is 79.4 Å². The monoisotopic (exact) mass is 467 g/mol. The molecule has 0 spiro atoms. The van der Waals surface area contributed by atoms with Crippen LogP contribution in [-0.4, -0.2) is 41.6 Å². The summed E-state index contributed by atoms with van der Waals surface area (Å²) in [7, 11) is 3.71. The Kier molecular flexibility index (Phi) is 6.03. The van der Waals surface area contributed by atoms with E-state index in [0.717, 1.165) is 54.2 Å². The molecule has 2 aliphatic rings. The van der Waals surface area contributed by atoms with Crippen molar-refractivity contribution in [2.45, 2.75) is 36.4 Å². The number of urea groups is 1. The highest BCUT2D eigenvalue weighted by molar-refractivity contribution is 7.99. The van der Waals surface area contributed by atoms with Gasteiger partial charge in [0.05, 0.1) is 35.1 Å². The third-order valence-corrected chi connectivity index (χ3v) is 8.04. The number of aryl methyl sites for hydroxylation is 1. The van der Waals surface area contributed by atoms with E-state index in [1.165, 1.54) is 33.5 Å². The molecular weight excluding hydrogens is 442 g/mol. The number of amides is 2. The number of anilines is 1. The van der Waals surface area contributed by atoms with Gasteiger partial charge in [-0.3, -0.25) is 9.71 Å². The predicted molar refractivity (Wildman–Crippen MR) is 128 cm³/mol. The SMILES string of the molecule is COc1cncc(-c2ccc3c(c2NC(=O)NSc2cc4c(s2)CCN(C)C4)CCC3)n1. The molecule has 32 heavy (non-hydrogen) atoms. The van der Waals surface area contributed by atoms with Crippen LogP contribution in [0.25, 0.3) is 11.3 Å². The summed E-state index contributed by atoms with van der Waals surface area (Å²) in [6.07, 6.45) is 7.40. The first-order chi connectivity index (χ1) is 15.6. The van der Waals surface area contributed by atoms with E-state index in [0.29, 0.717) is 11.6 Å². The molecule has 1 aliphatic carbocycles. The van der Waals surface area contributed by atoms with E-state index in [1.807, 2.05) is 6.07 Å². The van der Waals surface area contributed by atoms with E-state index >= 15 is 0 Å². The Morgan fingerprint density at radius 1 is 1.22 bits per heavy atom. The molecule has 0 saturated heterocycles. The Morgan fingerprint density at radius 2 is 2.12 bits per heavy atom. The van der Waals surface area contributed by atoms with Crippen LogP contribution >= 0.6 is 23.3 Å². The molecule has 0 saturated carbocycles. The number of nitrogens with zero attached hydrogens (tertiary/aromatic N) is 3. The average Bonchev–Trinajstić information content (AvgIpc) is 3.44. The Balaban J connectivity index is 1.35. The maximum atomic E-state index is 12.9. The molecule has 166 valence electrons. The number of likely N-dealkylation sites (N-methyl/N-ethyl adjacent to an activating group) is 1. The van der Waals surface area contributed by atoms with Crippen LogP contribution in [0.2, 0.25) is 0 Å². The van der Waals surface area contributed by atoms with Crippen molar-refractivity contribution in [2.75, 3.05) is 26.0 Å². The van der Waals surface area contributed by atoms with E-state index in [4.69, 9.17) is 4.74 Å². The molecule has 5 rings (SSSR count). The number of nitrogens with one attached hydrogen (secondary N) is 2. The van der Waals surface area contributed by atoms with Crippen LogP contribution < -0.4 is 14.8 Å². The molecule has 2 amide bonds. The van der Waals surface area contributed by atoms with Crippen LogP contribution in [0.4, 0.5) is 10.5 Å². The number of carbonyl (C=O) groups excluding carboxylic acids is 1. The highest BCUT2D eigenvalue weighted by atomic mass is 32.2. The number of thiophene rings is 1. The first kappa shape index (κ1) is 21.2. The van der Waals surface area contributed by atoms with Crippen molar-refractivity contribution in [3.63, 3.8) is 0 Å². The van der Waals surface area contributed by atoms with Crippen molar-refractivity contribution in [1.82, 2.24) is 19.6 Å². The molecule has 3 heterocycles. The van der Waals surface area contributed by atoms with Gasteiger partial charge in [-0.2, -0.15) is 0 Å². The van der Waals surface area contributed by atoms with Gasteiger partial charge in [0.15, 0.2) is 0 Å². The van der Waals surface area contributed by atoms with Gasteiger partial charge in [-0.15, -0.1) is 11.3 Å². The van der Waals surface area contributed by atoms with Crippen LogP contribution in [0.15, 0.2) is 34.8 Å². The quantitative estimate of drug-likeness (QED) is 0.537. The molecule has 2 aromatic heterocycles. The second-order valence-electron chi connectivity index (χ2n) is 8.09.